The summed E-state index contributed by atoms with van der Waals surface area (Å²) in [5.41, 5.74) is 0.426. The zero-order valence-electron chi connectivity index (χ0n) is 10.9. The number of hydrogen-bond donors (Lipinski definition) is 1. The Morgan fingerprint density at radius 3 is 2.55 bits per heavy atom. The Balaban J connectivity index is 1.98. The largest absolute Gasteiger partial charge is 0.323 e. The average molecular weight is 331 g/mol. The fourth-order valence-electron chi connectivity index (χ4n) is 1.44. The fourth-order valence-corrected chi connectivity index (χ4v) is 2.68. The minimum Gasteiger partial charge on any atom is -0.323 e. The monoisotopic (exact) mass is 330 g/mol. The van der Waals surface area contributed by atoms with Crippen LogP contribution in [0.25, 0.3) is 0 Å². The molecule has 1 aromatic carbocycles. The molecule has 0 saturated heterocycles. The standard InChI is InChI=1S/C12H12Cl2N4OS/c1-7-16-17-12(18(7)2)20-6-10(19)15-11-8(13)4-3-5-9(11)14/h3-5H,6H2,1-2H3,(H,15,19). The van der Waals surface area contributed by atoms with E-state index >= 15 is 0 Å². The first-order valence-corrected chi connectivity index (χ1v) is 7.46. The topological polar surface area (TPSA) is 59.8 Å². The maximum absolute atomic E-state index is 11.9. The third-order valence-electron chi connectivity index (χ3n) is 2.61. The number of amides is 1. The molecule has 0 aliphatic rings. The number of carbonyl (C=O) groups excluding carboxylic acids is 1. The maximum Gasteiger partial charge on any atom is 0.234 e. The second-order valence-electron chi connectivity index (χ2n) is 4.02. The zero-order valence-corrected chi connectivity index (χ0v) is 13.2. The molecule has 8 heteroatoms. The van der Waals surface area contributed by atoms with Gasteiger partial charge in [0, 0.05) is 7.05 Å². The number of benzene rings is 1. The van der Waals surface area contributed by atoms with Gasteiger partial charge in [0.2, 0.25) is 5.91 Å². The van der Waals surface area contributed by atoms with Crippen LogP contribution in [0.1, 0.15) is 5.82 Å². The van der Waals surface area contributed by atoms with Gasteiger partial charge in [0.25, 0.3) is 0 Å². The molecule has 0 bridgehead atoms. The predicted molar refractivity (Wildman–Crippen MR) is 81.6 cm³/mol. The summed E-state index contributed by atoms with van der Waals surface area (Å²) in [6.07, 6.45) is 0. The first-order chi connectivity index (χ1) is 9.49. The molecule has 2 aromatic rings. The van der Waals surface area contributed by atoms with E-state index in [1.165, 1.54) is 11.8 Å². The van der Waals surface area contributed by atoms with E-state index in [1.807, 2.05) is 18.5 Å². The molecule has 0 aliphatic carbocycles. The molecule has 20 heavy (non-hydrogen) atoms. The Labute approximate surface area is 130 Å². The lowest BCUT2D eigenvalue weighted by molar-refractivity contribution is -0.113. The highest BCUT2D eigenvalue weighted by atomic mass is 35.5. The summed E-state index contributed by atoms with van der Waals surface area (Å²) in [7, 11) is 1.85. The molecule has 0 fully saturated rings. The number of carbonyl (C=O) groups is 1. The molecule has 1 heterocycles. The summed E-state index contributed by atoms with van der Waals surface area (Å²) in [4.78, 5) is 11.9. The van der Waals surface area contributed by atoms with Crippen LogP contribution in [0.2, 0.25) is 10.0 Å². The van der Waals surface area contributed by atoms with Crippen LogP contribution in [0.5, 0.6) is 0 Å². The number of para-hydroxylation sites is 1. The Morgan fingerprint density at radius 1 is 1.35 bits per heavy atom. The SMILES string of the molecule is Cc1nnc(SCC(=O)Nc2c(Cl)cccc2Cl)n1C. The maximum atomic E-state index is 11.9. The Kier molecular flexibility index (Phi) is 4.91. The van der Waals surface area contributed by atoms with Crippen molar-refractivity contribution in [3.05, 3.63) is 34.1 Å². The van der Waals surface area contributed by atoms with Crippen LogP contribution in [0.4, 0.5) is 5.69 Å². The number of nitrogens with one attached hydrogen (secondary N) is 1. The molecule has 0 aliphatic heterocycles. The summed E-state index contributed by atoms with van der Waals surface area (Å²) >= 11 is 13.3. The average Bonchev–Trinajstić information content (AvgIpc) is 2.72. The van der Waals surface area contributed by atoms with Crippen molar-refractivity contribution < 1.29 is 4.79 Å². The minimum absolute atomic E-state index is 0.202. The summed E-state index contributed by atoms with van der Waals surface area (Å²) < 4.78 is 1.82. The van der Waals surface area contributed by atoms with Gasteiger partial charge in [-0.2, -0.15) is 0 Å². The molecule has 0 spiro atoms. The van der Waals surface area contributed by atoms with Crippen molar-refractivity contribution in [2.24, 2.45) is 7.05 Å². The zero-order chi connectivity index (χ0) is 14.7. The van der Waals surface area contributed by atoms with Gasteiger partial charge in [-0.3, -0.25) is 4.79 Å². The smallest absolute Gasteiger partial charge is 0.234 e. The molecular weight excluding hydrogens is 319 g/mol. The number of rotatable bonds is 4. The van der Waals surface area contributed by atoms with Gasteiger partial charge in [0.1, 0.15) is 5.82 Å². The molecule has 106 valence electrons. The van der Waals surface area contributed by atoms with E-state index < -0.39 is 0 Å². The highest BCUT2D eigenvalue weighted by Crippen LogP contribution is 2.30. The summed E-state index contributed by atoms with van der Waals surface area (Å²) in [5.74, 6) is 0.792. The van der Waals surface area contributed by atoms with Crippen molar-refractivity contribution in [2.75, 3.05) is 11.1 Å². The number of nitrogens with zero attached hydrogens (tertiary/aromatic N) is 3. The molecule has 1 aromatic heterocycles. The minimum atomic E-state index is -0.203. The van der Waals surface area contributed by atoms with Crippen molar-refractivity contribution >= 4 is 46.6 Å². The molecule has 5 nitrogen and oxygen atoms in total. The Bertz CT molecular complexity index is 624. The summed E-state index contributed by atoms with van der Waals surface area (Å²) in [6, 6.07) is 5.06. The molecule has 0 atom stereocenters. The van der Waals surface area contributed by atoms with Gasteiger partial charge >= 0.3 is 0 Å². The van der Waals surface area contributed by atoms with Crippen LogP contribution < -0.4 is 5.32 Å². The van der Waals surface area contributed by atoms with E-state index in [9.17, 15) is 4.79 Å². The number of hydrogen-bond acceptors (Lipinski definition) is 4. The third kappa shape index (κ3) is 3.45. The van der Waals surface area contributed by atoms with Crippen molar-refractivity contribution in [2.45, 2.75) is 12.1 Å². The van der Waals surface area contributed by atoms with Crippen LogP contribution in [0.15, 0.2) is 23.4 Å². The quantitative estimate of drug-likeness (QED) is 0.875. The van der Waals surface area contributed by atoms with E-state index in [2.05, 4.69) is 15.5 Å². The van der Waals surface area contributed by atoms with E-state index in [-0.39, 0.29) is 11.7 Å². The number of aryl methyl sites for hydroxylation is 1. The first-order valence-electron chi connectivity index (χ1n) is 5.71. The second kappa shape index (κ2) is 6.47. The van der Waals surface area contributed by atoms with Gasteiger partial charge in [0.15, 0.2) is 5.16 Å². The van der Waals surface area contributed by atoms with Crippen molar-refractivity contribution in [1.29, 1.82) is 0 Å². The van der Waals surface area contributed by atoms with Crippen LogP contribution in [0.3, 0.4) is 0 Å². The lowest BCUT2D eigenvalue weighted by Gasteiger charge is -2.08. The molecule has 0 radical (unpaired) electrons. The predicted octanol–water partition coefficient (Wildman–Crippen LogP) is 3.16. The molecular formula is C12H12Cl2N4OS. The molecule has 1 N–H and O–H groups in total. The van der Waals surface area contributed by atoms with Crippen LogP contribution in [-0.4, -0.2) is 26.4 Å². The number of anilines is 1. The Hall–Kier alpha value is -1.24. The third-order valence-corrected chi connectivity index (χ3v) is 4.26. The number of thioether (sulfide) groups is 1. The van der Waals surface area contributed by atoms with Gasteiger partial charge in [-0.1, -0.05) is 41.0 Å². The van der Waals surface area contributed by atoms with Crippen LogP contribution >= 0.6 is 35.0 Å². The van der Waals surface area contributed by atoms with Crippen molar-refractivity contribution in [3.8, 4) is 0 Å². The summed E-state index contributed by atoms with van der Waals surface area (Å²) in [6.45, 7) is 1.85. The molecule has 1 amide bonds. The number of halogens is 2. The van der Waals surface area contributed by atoms with Gasteiger partial charge in [-0.05, 0) is 19.1 Å². The van der Waals surface area contributed by atoms with E-state index in [0.717, 1.165) is 5.82 Å². The van der Waals surface area contributed by atoms with Crippen molar-refractivity contribution in [3.63, 3.8) is 0 Å². The molecule has 2 rings (SSSR count). The van der Waals surface area contributed by atoms with Crippen LogP contribution in [0, 0.1) is 6.92 Å². The second-order valence-corrected chi connectivity index (χ2v) is 5.78. The van der Waals surface area contributed by atoms with Crippen LogP contribution in [-0.2, 0) is 11.8 Å². The normalized spacial score (nSPS) is 10.6. The number of aromatic nitrogens is 3. The Morgan fingerprint density at radius 2 is 2.00 bits per heavy atom. The van der Waals surface area contributed by atoms with Crippen molar-refractivity contribution in [1.82, 2.24) is 14.8 Å². The van der Waals surface area contributed by atoms with Gasteiger partial charge in [-0.25, -0.2) is 0 Å². The van der Waals surface area contributed by atoms with Gasteiger partial charge in [-0.15, -0.1) is 10.2 Å². The fraction of sp³-hybridized carbons (Fsp3) is 0.250. The summed E-state index contributed by atoms with van der Waals surface area (Å²) in [5, 5.41) is 12.1. The highest BCUT2D eigenvalue weighted by Gasteiger charge is 2.12. The first kappa shape index (κ1) is 15.2. The lowest BCUT2D eigenvalue weighted by Crippen LogP contribution is -2.15. The molecule has 0 unspecified atom stereocenters. The van der Waals surface area contributed by atoms with Gasteiger partial charge in [0.05, 0.1) is 21.5 Å². The highest BCUT2D eigenvalue weighted by molar-refractivity contribution is 7.99. The van der Waals surface area contributed by atoms with E-state index in [0.29, 0.717) is 20.9 Å². The van der Waals surface area contributed by atoms with E-state index in [4.69, 9.17) is 23.2 Å². The molecule has 0 saturated carbocycles. The lowest BCUT2D eigenvalue weighted by atomic mass is 10.3. The van der Waals surface area contributed by atoms with Gasteiger partial charge < -0.3 is 9.88 Å². The van der Waals surface area contributed by atoms with E-state index in [1.54, 1.807) is 18.2 Å².